The molecular weight excluding hydrogens is 344 g/mol. The van der Waals surface area contributed by atoms with Crippen LogP contribution in [0, 0.1) is 17.3 Å². The molecule has 144 valence electrons. The van der Waals surface area contributed by atoms with Gasteiger partial charge in [-0.15, -0.1) is 0 Å². The van der Waals surface area contributed by atoms with E-state index >= 15 is 0 Å². The molecule has 0 radical (unpaired) electrons. The van der Waals surface area contributed by atoms with Gasteiger partial charge in [-0.1, -0.05) is 12.8 Å². The zero-order chi connectivity index (χ0) is 18.9. The highest BCUT2D eigenvalue weighted by molar-refractivity contribution is 6.02. The third-order valence-corrected chi connectivity index (χ3v) is 6.10. The zero-order valence-corrected chi connectivity index (χ0v) is 14.5. The highest BCUT2D eigenvalue weighted by Gasteiger charge is 2.56. The molecular formula is C18H24O8. The van der Waals surface area contributed by atoms with Gasteiger partial charge in [-0.2, -0.15) is 0 Å². The van der Waals surface area contributed by atoms with Crippen molar-refractivity contribution in [1.29, 1.82) is 0 Å². The van der Waals surface area contributed by atoms with Crippen molar-refractivity contribution in [2.45, 2.75) is 70.0 Å². The van der Waals surface area contributed by atoms with E-state index < -0.39 is 41.5 Å². The summed E-state index contributed by atoms with van der Waals surface area (Å²) in [5, 5.41) is 18.6. The second-order valence-corrected chi connectivity index (χ2v) is 7.65. The lowest BCUT2D eigenvalue weighted by molar-refractivity contribution is -0.197. The van der Waals surface area contributed by atoms with Crippen molar-refractivity contribution in [3.8, 4) is 0 Å². The van der Waals surface area contributed by atoms with E-state index in [0.29, 0.717) is 32.1 Å². The molecule has 2 N–H and O–H groups in total. The number of carbonyl (C=O) groups is 4. The molecule has 0 amide bonds. The molecule has 0 heterocycles. The largest absolute Gasteiger partial charge is 0.478 e. The highest BCUT2D eigenvalue weighted by Crippen LogP contribution is 2.45. The number of ether oxygens (including phenoxy) is 2. The van der Waals surface area contributed by atoms with Gasteiger partial charge in [0.15, 0.2) is 5.41 Å². The predicted octanol–water partition coefficient (Wildman–Crippen LogP) is 1.75. The number of hydrogen-bond donors (Lipinski definition) is 2. The highest BCUT2D eigenvalue weighted by atomic mass is 16.6. The summed E-state index contributed by atoms with van der Waals surface area (Å²) in [6.07, 6.45) is 2.93. The van der Waals surface area contributed by atoms with Gasteiger partial charge in [-0.05, 0) is 44.9 Å². The van der Waals surface area contributed by atoms with Crippen LogP contribution in [-0.2, 0) is 28.7 Å². The topological polar surface area (TPSA) is 127 Å². The van der Waals surface area contributed by atoms with E-state index in [0.717, 1.165) is 12.8 Å². The molecule has 3 aliphatic carbocycles. The normalized spacial score (nSPS) is 24.2. The van der Waals surface area contributed by atoms with Gasteiger partial charge in [0.25, 0.3) is 0 Å². The SMILES string of the molecule is O=C(O)C(OC(=O)C1(C(=O)OC(C(=O)O)C2CCC2)CCC1)C1CCC1. The van der Waals surface area contributed by atoms with Crippen molar-refractivity contribution >= 4 is 23.9 Å². The van der Waals surface area contributed by atoms with Crippen molar-refractivity contribution in [3.05, 3.63) is 0 Å². The predicted molar refractivity (Wildman–Crippen MR) is 86.0 cm³/mol. The van der Waals surface area contributed by atoms with Crippen LogP contribution in [0.25, 0.3) is 0 Å². The lowest BCUT2D eigenvalue weighted by Gasteiger charge is -2.40. The Morgan fingerprint density at radius 1 is 0.731 bits per heavy atom. The minimum Gasteiger partial charge on any atom is -0.478 e. The van der Waals surface area contributed by atoms with Crippen molar-refractivity contribution in [1.82, 2.24) is 0 Å². The van der Waals surface area contributed by atoms with Gasteiger partial charge in [0.1, 0.15) is 0 Å². The summed E-state index contributed by atoms with van der Waals surface area (Å²) in [6, 6.07) is 0. The Hall–Kier alpha value is -2.12. The Bertz CT molecular complexity index is 552. The second-order valence-electron chi connectivity index (χ2n) is 7.65. The Morgan fingerprint density at radius 3 is 1.31 bits per heavy atom. The molecule has 3 rings (SSSR count). The maximum Gasteiger partial charge on any atom is 0.345 e. The molecule has 26 heavy (non-hydrogen) atoms. The van der Waals surface area contributed by atoms with Crippen molar-refractivity contribution < 1.29 is 38.9 Å². The van der Waals surface area contributed by atoms with Crippen LogP contribution in [0.3, 0.4) is 0 Å². The Kier molecular flexibility index (Phi) is 5.20. The van der Waals surface area contributed by atoms with E-state index in [2.05, 4.69) is 0 Å². The number of esters is 2. The Labute approximate surface area is 150 Å². The van der Waals surface area contributed by atoms with Crippen LogP contribution in [0.1, 0.15) is 57.8 Å². The lowest BCUT2D eigenvalue weighted by Crippen LogP contribution is -2.52. The van der Waals surface area contributed by atoms with Crippen LogP contribution < -0.4 is 0 Å². The van der Waals surface area contributed by atoms with Crippen LogP contribution >= 0.6 is 0 Å². The van der Waals surface area contributed by atoms with E-state index in [1.807, 2.05) is 0 Å². The molecule has 0 aromatic rings. The molecule has 0 aliphatic heterocycles. The first-order chi connectivity index (χ1) is 12.3. The summed E-state index contributed by atoms with van der Waals surface area (Å²) in [4.78, 5) is 48.0. The van der Waals surface area contributed by atoms with Crippen LogP contribution in [0.4, 0.5) is 0 Å². The van der Waals surface area contributed by atoms with Gasteiger partial charge < -0.3 is 19.7 Å². The summed E-state index contributed by atoms with van der Waals surface area (Å²) < 4.78 is 10.4. The molecule has 3 fully saturated rings. The summed E-state index contributed by atoms with van der Waals surface area (Å²) in [6.45, 7) is 0. The fourth-order valence-corrected chi connectivity index (χ4v) is 3.66. The molecule has 0 spiro atoms. The smallest absolute Gasteiger partial charge is 0.345 e. The average Bonchev–Trinajstić information content (AvgIpc) is 2.40. The van der Waals surface area contributed by atoms with Crippen LogP contribution in [0.2, 0.25) is 0 Å². The third-order valence-electron chi connectivity index (χ3n) is 6.10. The summed E-state index contributed by atoms with van der Waals surface area (Å²) in [5.41, 5.74) is -1.56. The average molecular weight is 368 g/mol. The standard InChI is InChI=1S/C18H24O8/c19-14(20)12(10-4-1-5-10)25-16(23)18(8-3-9-18)17(24)26-13(15(21)22)11-6-2-7-11/h10-13H,1-9H2,(H,19,20)(H,21,22). The maximum atomic E-state index is 12.6. The summed E-state index contributed by atoms with van der Waals surface area (Å²) in [5.74, 6) is -4.69. The van der Waals surface area contributed by atoms with Gasteiger partial charge in [0.05, 0.1) is 0 Å². The van der Waals surface area contributed by atoms with Gasteiger partial charge in [-0.25, -0.2) is 9.59 Å². The first-order valence-electron chi connectivity index (χ1n) is 9.23. The number of carboxylic acids is 2. The van der Waals surface area contributed by atoms with E-state index in [-0.39, 0.29) is 24.7 Å². The maximum absolute atomic E-state index is 12.6. The molecule has 3 aliphatic rings. The van der Waals surface area contributed by atoms with Gasteiger partial charge in [0.2, 0.25) is 12.2 Å². The number of carbonyl (C=O) groups excluding carboxylic acids is 2. The Morgan fingerprint density at radius 2 is 1.12 bits per heavy atom. The molecule has 8 heteroatoms. The molecule has 8 nitrogen and oxygen atoms in total. The number of carboxylic acid groups (broad SMARTS) is 2. The van der Waals surface area contributed by atoms with Crippen LogP contribution in [-0.4, -0.2) is 46.3 Å². The molecule has 2 unspecified atom stereocenters. The first-order valence-corrected chi connectivity index (χ1v) is 9.23. The van der Waals surface area contributed by atoms with E-state index in [1.54, 1.807) is 0 Å². The molecule has 0 bridgehead atoms. The molecule has 3 saturated carbocycles. The fraction of sp³-hybridized carbons (Fsp3) is 0.778. The van der Waals surface area contributed by atoms with Gasteiger partial charge in [-0.3, -0.25) is 9.59 Å². The molecule has 0 saturated heterocycles. The van der Waals surface area contributed by atoms with Crippen molar-refractivity contribution in [3.63, 3.8) is 0 Å². The summed E-state index contributed by atoms with van der Waals surface area (Å²) in [7, 11) is 0. The minimum atomic E-state index is -1.56. The number of aliphatic carboxylic acids is 2. The van der Waals surface area contributed by atoms with E-state index in [1.165, 1.54) is 0 Å². The van der Waals surface area contributed by atoms with E-state index in [4.69, 9.17) is 9.47 Å². The zero-order valence-electron chi connectivity index (χ0n) is 14.5. The number of rotatable bonds is 8. The third kappa shape index (κ3) is 3.29. The van der Waals surface area contributed by atoms with Crippen LogP contribution in [0.15, 0.2) is 0 Å². The lowest BCUT2D eigenvalue weighted by atomic mass is 9.68. The van der Waals surface area contributed by atoms with E-state index in [9.17, 15) is 29.4 Å². The molecule has 0 aromatic heterocycles. The summed E-state index contributed by atoms with van der Waals surface area (Å²) >= 11 is 0. The van der Waals surface area contributed by atoms with Crippen molar-refractivity contribution in [2.75, 3.05) is 0 Å². The van der Waals surface area contributed by atoms with Gasteiger partial charge in [0, 0.05) is 11.8 Å². The monoisotopic (exact) mass is 368 g/mol. The second kappa shape index (κ2) is 7.25. The quantitative estimate of drug-likeness (QED) is 0.490. The minimum absolute atomic E-state index is 0.193. The van der Waals surface area contributed by atoms with Crippen molar-refractivity contribution in [2.24, 2.45) is 17.3 Å². The molecule has 0 aromatic carbocycles. The number of hydrogen-bond acceptors (Lipinski definition) is 6. The van der Waals surface area contributed by atoms with Gasteiger partial charge >= 0.3 is 23.9 Å². The fourth-order valence-electron chi connectivity index (χ4n) is 3.66. The van der Waals surface area contributed by atoms with Crippen LogP contribution in [0.5, 0.6) is 0 Å². The first kappa shape index (κ1) is 18.7. The molecule has 2 atom stereocenters. The Balaban J connectivity index is 1.68.